The van der Waals surface area contributed by atoms with Crippen molar-refractivity contribution in [3.63, 3.8) is 0 Å². The Hall–Kier alpha value is -1.03. The normalized spacial score (nSPS) is 23.4. The number of fused-ring (bicyclic) bond motifs is 2. The van der Waals surface area contributed by atoms with Crippen molar-refractivity contribution in [3.8, 4) is 0 Å². The van der Waals surface area contributed by atoms with Crippen LogP contribution in [-0.4, -0.2) is 23.6 Å². The minimum absolute atomic E-state index is 0.175. The zero-order valence-corrected chi connectivity index (χ0v) is 9.66. The van der Waals surface area contributed by atoms with Crippen LogP contribution in [0.3, 0.4) is 0 Å². The SMILES string of the molecule is O=C1OCC2Cc3c(Br)cccc3CN12. The molecule has 15 heavy (non-hydrogen) atoms. The van der Waals surface area contributed by atoms with Crippen molar-refractivity contribution in [2.75, 3.05) is 6.61 Å². The van der Waals surface area contributed by atoms with Crippen molar-refractivity contribution in [2.45, 2.75) is 19.0 Å². The zero-order chi connectivity index (χ0) is 10.4. The summed E-state index contributed by atoms with van der Waals surface area (Å²) in [5.74, 6) is 0. The highest BCUT2D eigenvalue weighted by Gasteiger charge is 2.37. The Morgan fingerprint density at radius 1 is 1.47 bits per heavy atom. The van der Waals surface area contributed by atoms with Gasteiger partial charge in [0, 0.05) is 11.0 Å². The second kappa shape index (κ2) is 3.23. The molecular formula is C11H10BrNO2. The molecule has 1 aromatic carbocycles. The van der Waals surface area contributed by atoms with E-state index >= 15 is 0 Å². The number of carbonyl (C=O) groups excluding carboxylic acids is 1. The van der Waals surface area contributed by atoms with Gasteiger partial charge in [-0.1, -0.05) is 28.1 Å². The molecule has 0 N–H and O–H groups in total. The summed E-state index contributed by atoms with van der Waals surface area (Å²) in [6.45, 7) is 1.21. The first-order valence-electron chi connectivity index (χ1n) is 4.95. The van der Waals surface area contributed by atoms with Crippen LogP contribution < -0.4 is 0 Å². The zero-order valence-electron chi connectivity index (χ0n) is 8.07. The number of benzene rings is 1. The average Bonchev–Trinajstić information content (AvgIpc) is 2.59. The molecule has 1 amide bonds. The van der Waals surface area contributed by atoms with Crippen LogP contribution in [-0.2, 0) is 17.7 Å². The van der Waals surface area contributed by atoms with Gasteiger partial charge in [0.25, 0.3) is 0 Å². The summed E-state index contributed by atoms with van der Waals surface area (Å²) in [6.07, 6.45) is 0.716. The van der Waals surface area contributed by atoms with E-state index in [1.165, 1.54) is 11.1 Å². The molecule has 1 aromatic rings. The Morgan fingerprint density at radius 2 is 2.33 bits per heavy atom. The molecule has 2 aliphatic rings. The van der Waals surface area contributed by atoms with Gasteiger partial charge < -0.3 is 4.74 Å². The summed E-state index contributed by atoms with van der Waals surface area (Å²) in [5, 5.41) is 0. The summed E-state index contributed by atoms with van der Waals surface area (Å²) in [5.41, 5.74) is 2.54. The first-order valence-corrected chi connectivity index (χ1v) is 5.74. The smallest absolute Gasteiger partial charge is 0.410 e. The largest absolute Gasteiger partial charge is 0.447 e. The second-order valence-electron chi connectivity index (χ2n) is 3.94. The predicted molar refractivity (Wildman–Crippen MR) is 58.5 cm³/mol. The van der Waals surface area contributed by atoms with Crippen molar-refractivity contribution in [2.24, 2.45) is 0 Å². The molecule has 2 aliphatic heterocycles. The van der Waals surface area contributed by atoms with E-state index in [1.807, 2.05) is 17.0 Å². The molecule has 1 saturated heterocycles. The van der Waals surface area contributed by atoms with Crippen LogP contribution in [0.25, 0.3) is 0 Å². The van der Waals surface area contributed by atoms with Gasteiger partial charge in [-0.05, 0) is 23.6 Å². The van der Waals surface area contributed by atoms with Crippen molar-refractivity contribution < 1.29 is 9.53 Å². The van der Waals surface area contributed by atoms with E-state index in [0.29, 0.717) is 13.2 Å². The molecule has 0 saturated carbocycles. The number of hydrogen-bond acceptors (Lipinski definition) is 2. The van der Waals surface area contributed by atoms with Gasteiger partial charge in [-0.3, -0.25) is 4.90 Å². The van der Waals surface area contributed by atoms with E-state index in [4.69, 9.17) is 4.74 Å². The highest BCUT2D eigenvalue weighted by Crippen LogP contribution is 2.31. The number of cyclic esters (lactones) is 1. The van der Waals surface area contributed by atoms with E-state index in [9.17, 15) is 4.79 Å². The standard InChI is InChI=1S/C11H10BrNO2/c12-10-3-1-2-7-5-13-8(4-9(7)10)6-15-11(13)14/h1-3,8H,4-6H2. The Morgan fingerprint density at radius 3 is 3.20 bits per heavy atom. The van der Waals surface area contributed by atoms with Gasteiger partial charge in [0.2, 0.25) is 0 Å². The number of nitrogens with zero attached hydrogens (tertiary/aromatic N) is 1. The quantitative estimate of drug-likeness (QED) is 0.722. The summed E-state index contributed by atoms with van der Waals surface area (Å²) in [4.78, 5) is 13.2. The minimum atomic E-state index is -0.175. The molecule has 1 unspecified atom stereocenters. The molecule has 0 aliphatic carbocycles. The van der Waals surface area contributed by atoms with Gasteiger partial charge in [-0.2, -0.15) is 0 Å². The molecule has 0 radical (unpaired) electrons. The number of amides is 1. The fourth-order valence-electron chi connectivity index (χ4n) is 2.25. The van der Waals surface area contributed by atoms with Crippen LogP contribution in [0.5, 0.6) is 0 Å². The average molecular weight is 268 g/mol. The van der Waals surface area contributed by atoms with Crippen LogP contribution in [0, 0.1) is 0 Å². The van der Waals surface area contributed by atoms with E-state index in [-0.39, 0.29) is 12.1 Å². The second-order valence-corrected chi connectivity index (χ2v) is 4.79. The fraction of sp³-hybridized carbons (Fsp3) is 0.364. The van der Waals surface area contributed by atoms with Gasteiger partial charge >= 0.3 is 6.09 Å². The minimum Gasteiger partial charge on any atom is -0.447 e. The molecule has 78 valence electrons. The maximum absolute atomic E-state index is 11.4. The summed E-state index contributed by atoms with van der Waals surface area (Å²) in [7, 11) is 0. The summed E-state index contributed by atoms with van der Waals surface area (Å²) in [6, 6.07) is 6.35. The number of ether oxygens (including phenoxy) is 1. The summed E-state index contributed by atoms with van der Waals surface area (Å²) < 4.78 is 6.18. The van der Waals surface area contributed by atoms with Gasteiger partial charge in [0.1, 0.15) is 6.61 Å². The molecule has 0 spiro atoms. The molecule has 1 fully saturated rings. The Bertz CT molecular complexity index is 433. The topological polar surface area (TPSA) is 29.5 Å². The van der Waals surface area contributed by atoms with E-state index in [1.54, 1.807) is 0 Å². The maximum atomic E-state index is 11.4. The molecule has 4 heteroatoms. The summed E-state index contributed by atoms with van der Waals surface area (Å²) >= 11 is 3.55. The number of halogens is 1. The third-order valence-corrected chi connectivity index (χ3v) is 3.81. The third-order valence-electron chi connectivity index (χ3n) is 3.07. The molecule has 2 heterocycles. The maximum Gasteiger partial charge on any atom is 0.410 e. The lowest BCUT2D eigenvalue weighted by Gasteiger charge is -2.29. The Labute approximate surface area is 96.1 Å². The van der Waals surface area contributed by atoms with Gasteiger partial charge in [-0.25, -0.2) is 4.79 Å². The highest BCUT2D eigenvalue weighted by molar-refractivity contribution is 9.10. The molecule has 1 atom stereocenters. The monoisotopic (exact) mass is 267 g/mol. The molecule has 3 nitrogen and oxygen atoms in total. The van der Waals surface area contributed by atoms with Crippen LogP contribution in [0.4, 0.5) is 4.79 Å². The van der Waals surface area contributed by atoms with E-state index in [0.717, 1.165) is 10.9 Å². The van der Waals surface area contributed by atoms with Crippen molar-refractivity contribution in [1.82, 2.24) is 4.90 Å². The van der Waals surface area contributed by atoms with Gasteiger partial charge in [-0.15, -0.1) is 0 Å². The van der Waals surface area contributed by atoms with Crippen molar-refractivity contribution >= 4 is 22.0 Å². The third kappa shape index (κ3) is 1.35. The van der Waals surface area contributed by atoms with Crippen LogP contribution in [0.1, 0.15) is 11.1 Å². The van der Waals surface area contributed by atoms with Crippen LogP contribution >= 0.6 is 15.9 Å². The van der Waals surface area contributed by atoms with Gasteiger partial charge in [0.15, 0.2) is 0 Å². The Kier molecular flexibility index (Phi) is 1.99. The predicted octanol–water partition coefficient (Wildman–Crippen LogP) is 2.33. The molecule has 0 bridgehead atoms. The molecule has 3 rings (SSSR count). The first kappa shape index (κ1) is 9.21. The fourth-order valence-corrected chi connectivity index (χ4v) is 2.82. The number of carbonyl (C=O) groups is 1. The number of hydrogen-bond donors (Lipinski definition) is 0. The Balaban J connectivity index is 2.03. The molecule has 0 aromatic heterocycles. The van der Waals surface area contributed by atoms with Crippen molar-refractivity contribution in [3.05, 3.63) is 33.8 Å². The lowest BCUT2D eigenvalue weighted by atomic mass is 9.95. The van der Waals surface area contributed by atoms with E-state index < -0.39 is 0 Å². The van der Waals surface area contributed by atoms with Crippen molar-refractivity contribution in [1.29, 1.82) is 0 Å². The van der Waals surface area contributed by atoms with E-state index in [2.05, 4.69) is 22.0 Å². The number of rotatable bonds is 0. The first-order chi connectivity index (χ1) is 7.25. The molecular weight excluding hydrogens is 258 g/mol. The van der Waals surface area contributed by atoms with Gasteiger partial charge in [0.05, 0.1) is 6.04 Å². The highest BCUT2D eigenvalue weighted by atomic mass is 79.9. The van der Waals surface area contributed by atoms with Crippen LogP contribution in [0.2, 0.25) is 0 Å². The lowest BCUT2D eigenvalue weighted by Crippen LogP contribution is -2.38. The van der Waals surface area contributed by atoms with Crippen LogP contribution in [0.15, 0.2) is 22.7 Å². The lowest BCUT2D eigenvalue weighted by molar-refractivity contribution is 0.155.